The van der Waals surface area contributed by atoms with Gasteiger partial charge in [-0.2, -0.15) is 0 Å². The molecule has 0 radical (unpaired) electrons. The molecule has 3 rings (SSSR count). The van der Waals surface area contributed by atoms with Crippen LogP contribution in [0.25, 0.3) is 11.0 Å². The Morgan fingerprint density at radius 2 is 2.00 bits per heavy atom. The van der Waals surface area contributed by atoms with Gasteiger partial charge in [0, 0.05) is 17.8 Å². The van der Waals surface area contributed by atoms with Crippen LogP contribution in [0.15, 0.2) is 59.5 Å². The second kappa shape index (κ2) is 6.29. The zero-order chi connectivity index (χ0) is 17.1. The van der Waals surface area contributed by atoms with Gasteiger partial charge in [0.25, 0.3) is 11.2 Å². The fraction of sp³-hybridized carbons (Fsp3) is 0.0625. The van der Waals surface area contributed by atoms with Crippen LogP contribution in [0.3, 0.4) is 0 Å². The number of carbonyl (C=O) groups is 1. The van der Waals surface area contributed by atoms with Gasteiger partial charge in [-0.1, -0.05) is 18.2 Å². The van der Waals surface area contributed by atoms with Crippen LogP contribution in [-0.2, 0) is 11.3 Å². The van der Waals surface area contributed by atoms with Crippen molar-refractivity contribution in [3.05, 3.63) is 75.2 Å². The molecule has 1 N–H and O–H groups in total. The fourth-order valence-corrected chi connectivity index (χ4v) is 2.32. The van der Waals surface area contributed by atoms with Crippen molar-refractivity contribution in [1.29, 1.82) is 0 Å². The van der Waals surface area contributed by atoms with E-state index in [0.29, 0.717) is 16.7 Å². The van der Waals surface area contributed by atoms with E-state index in [0.717, 1.165) is 6.20 Å². The number of para-hydroxylation sites is 2. The predicted molar refractivity (Wildman–Crippen MR) is 87.7 cm³/mol. The lowest BCUT2D eigenvalue weighted by Crippen LogP contribution is -2.27. The quantitative estimate of drug-likeness (QED) is 0.583. The lowest BCUT2D eigenvalue weighted by Gasteiger charge is -2.10. The average Bonchev–Trinajstić information content (AvgIpc) is 2.57. The maximum absolute atomic E-state index is 12.2. The Balaban J connectivity index is 1.86. The molecule has 0 spiro atoms. The van der Waals surface area contributed by atoms with Crippen LogP contribution in [0.1, 0.15) is 0 Å². The molecular formula is C16H12N4O4. The van der Waals surface area contributed by atoms with Gasteiger partial charge in [-0.25, -0.2) is 4.98 Å². The summed E-state index contributed by atoms with van der Waals surface area (Å²) in [5.41, 5.74) is 0.905. The first-order valence-electron chi connectivity index (χ1n) is 7.03. The van der Waals surface area contributed by atoms with Crippen molar-refractivity contribution in [3.63, 3.8) is 0 Å². The van der Waals surface area contributed by atoms with Gasteiger partial charge >= 0.3 is 0 Å². The molecule has 24 heavy (non-hydrogen) atoms. The van der Waals surface area contributed by atoms with E-state index in [4.69, 9.17) is 0 Å². The number of aromatic nitrogens is 2. The van der Waals surface area contributed by atoms with Crippen LogP contribution in [-0.4, -0.2) is 20.4 Å². The molecule has 0 saturated carbocycles. The summed E-state index contributed by atoms with van der Waals surface area (Å²) in [6.45, 7) is -0.218. The van der Waals surface area contributed by atoms with Crippen LogP contribution in [0.5, 0.6) is 0 Å². The molecule has 0 bridgehead atoms. The Hall–Kier alpha value is -3.55. The molecule has 3 aromatic rings. The van der Waals surface area contributed by atoms with E-state index in [2.05, 4.69) is 10.3 Å². The van der Waals surface area contributed by atoms with Crippen molar-refractivity contribution >= 4 is 28.3 Å². The molecule has 8 nitrogen and oxygen atoms in total. The minimum atomic E-state index is -0.545. The largest absolute Gasteiger partial charge is 0.324 e. The zero-order valence-electron chi connectivity index (χ0n) is 12.4. The minimum absolute atomic E-state index is 0.126. The molecule has 2 aromatic carbocycles. The molecule has 1 amide bonds. The normalized spacial score (nSPS) is 10.5. The predicted octanol–water partition coefficient (Wildman–Crippen LogP) is 1.94. The van der Waals surface area contributed by atoms with Gasteiger partial charge in [0.15, 0.2) is 0 Å². The Morgan fingerprint density at radius 1 is 1.21 bits per heavy atom. The summed E-state index contributed by atoms with van der Waals surface area (Å²) in [7, 11) is 0. The van der Waals surface area contributed by atoms with Crippen molar-refractivity contribution in [3.8, 4) is 0 Å². The highest BCUT2D eigenvalue weighted by Crippen LogP contribution is 2.17. The maximum atomic E-state index is 12.2. The van der Waals surface area contributed by atoms with E-state index in [1.807, 2.05) is 0 Å². The van der Waals surface area contributed by atoms with E-state index in [1.54, 1.807) is 30.3 Å². The number of nitrogens with zero attached hydrogens (tertiary/aromatic N) is 3. The van der Waals surface area contributed by atoms with E-state index in [1.165, 1.54) is 22.8 Å². The molecule has 1 heterocycles. The second-order valence-corrected chi connectivity index (χ2v) is 5.03. The summed E-state index contributed by atoms with van der Waals surface area (Å²) in [5.74, 6) is -0.464. The topological polar surface area (TPSA) is 107 Å². The molecule has 0 aliphatic heterocycles. The minimum Gasteiger partial charge on any atom is -0.324 e. The number of rotatable bonds is 4. The van der Waals surface area contributed by atoms with Crippen LogP contribution in [0.4, 0.5) is 11.4 Å². The van der Waals surface area contributed by atoms with Crippen molar-refractivity contribution in [2.24, 2.45) is 0 Å². The number of amides is 1. The number of nitro groups is 1. The molecule has 0 aliphatic carbocycles. The Kier molecular flexibility index (Phi) is 4.02. The van der Waals surface area contributed by atoms with E-state index >= 15 is 0 Å². The highest BCUT2D eigenvalue weighted by molar-refractivity contribution is 5.91. The zero-order valence-corrected chi connectivity index (χ0v) is 12.4. The van der Waals surface area contributed by atoms with Crippen molar-refractivity contribution < 1.29 is 9.72 Å². The number of nitrogens with one attached hydrogen (secondary N) is 1. The van der Waals surface area contributed by atoms with Gasteiger partial charge in [0.05, 0.1) is 22.2 Å². The monoisotopic (exact) mass is 324 g/mol. The fourth-order valence-electron chi connectivity index (χ4n) is 2.32. The number of hydrogen-bond acceptors (Lipinski definition) is 5. The van der Waals surface area contributed by atoms with Gasteiger partial charge < -0.3 is 5.32 Å². The molecule has 0 unspecified atom stereocenters. The van der Waals surface area contributed by atoms with Gasteiger partial charge in [-0.05, 0) is 18.2 Å². The Morgan fingerprint density at radius 3 is 2.79 bits per heavy atom. The third-order valence-corrected chi connectivity index (χ3v) is 3.40. The third kappa shape index (κ3) is 3.12. The van der Waals surface area contributed by atoms with E-state index < -0.39 is 16.4 Å². The third-order valence-electron chi connectivity index (χ3n) is 3.40. The lowest BCUT2D eigenvalue weighted by atomic mass is 10.2. The molecule has 120 valence electrons. The number of non-ortho nitro benzene ring substituents is 1. The van der Waals surface area contributed by atoms with Crippen molar-refractivity contribution in [1.82, 2.24) is 9.55 Å². The molecule has 0 aliphatic rings. The molecule has 0 atom stereocenters. The highest BCUT2D eigenvalue weighted by Gasteiger charge is 2.11. The van der Waals surface area contributed by atoms with Crippen LogP contribution in [0.2, 0.25) is 0 Å². The SMILES string of the molecule is O=C(Cn1c(=O)cnc2ccccc21)Nc1cccc([N+](=O)[O-])c1. The van der Waals surface area contributed by atoms with E-state index in [-0.39, 0.29) is 12.2 Å². The molecular weight excluding hydrogens is 312 g/mol. The Labute approximate surface area is 135 Å². The molecule has 0 saturated heterocycles. The number of hydrogen-bond donors (Lipinski definition) is 1. The molecule has 0 fully saturated rings. The lowest BCUT2D eigenvalue weighted by molar-refractivity contribution is -0.384. The average molecular weight is 324 g/mol. The van der Waals surface area contributed by atoms with Gasteiger partial charge in [0.2, 0.25) is 5.91 Å². The smallest absolute Gasteiger partial charge is 0.271 e. The van der Waals surface area contributed by atoms with Crippen LogP contribution < -0.4 is 10.9 Å². The summed E-state index contributed by atoms with van der Waals surface area (Å²) < 4.78 is 1.30. The summed E-state index contributed by atoms with van der Waals surface area (Å²) in [5, 5.41) is 13.3. The molecule has 1 aromatic heterocycles. The summed E-state index contributed by atoms with van der Waals surface area (Å²) in [4.78, 5) is 38.4. The number of nitro benzene ring substituents is 1. The molecule has 8 heteroatoms. The summed E-state index contributed by atoms with van der Waals surface area (Å²) in [6, 6.07) is 12.6. The summed E-state index contributed by atoms with van der Waals surface area (Å²) in [6.07, 6.45) is 1.16. The van der Waals surface area contributed by atoms with Gasteiger partial charge in [0.1, 0.15) is 6.54 Å². The number of fused-ring (bicyclic) bond motifs is 1. The number of carbonyl (C=O) groups excluding carboxylic acids is 1. The highest BCUT2D eigenvalue weighted by atomic mass is 16.6. The number of benzene rings is 2. The van der Waals surface area contributed by atoms with Crippen molar-refractivity contribution in [2.75, 3.05) is 5.32 Å². The van der Waals surface area contributed by atoms with Gasteiger partial charge in [-0.3, -0.25) is 24.3 Å². The Bertz CT molecular complexity index is 997. The summed E-state index contributed by atoms with van der Waals surface area (Å²) >= 11 is 0. The van der Waals surface area contributed by atoms with Gasteiger partial charge in [-0.15, -0.1) is 0 Å². The first-order chi connectivity index (χ1) is 11.5. The van der Waals surface area contributed by atoms with Crippen molar-refractivity contribution in [2.45, 2.75) is 6.54 Å². The van der Waals surface area contributed by atoms with Crippen LogP contribution in [0, 0.1) is 10.1 Å². The number of anilines is 1. The second-order valence-electron chi connectivity index (χ2n) is 5.03. The standard InChI is InChI=1S/C16H12N4O4/c21-15(18-11-4-3-5-12(8-11)20(23)24)10-19-14-7-2-1-6-13(14)17-9-16(19)22/h1-9H,10H2,(H,18,21). The first-order valence-corrected chi connectivity index (χ1v) is 7.03. The van der Waals surface area contributed by atoms with Crippen LogP contribution >= 0.6 is 0 Å². The maximum Gasteiger partial charge on any atom is 0.271 e. The van der Waals surface area contributed by atoms with E-state index in [9.17, 15) is 19.7 Å². The first kappa shape index (κ1) is 15.3.